The highest BCUT2D eigenvalue weighted by atomic mass is 16.6. The fourth-order valence-electron chi connectivity index (χ4n) is 1.58. The van der Waals surface area contributed by atoms with E-state index in [1.54, 1.807) is 0 Å². The van der Waals surface area contributed by atoms with Gasteiger partial charge in [-0.2, -0.15) is 0 Å². The molecule has 1 aromatic carbocycles. The molecule has 1 aromatic rings. The molecule has 0 fully saturated rings. The summed E-state index contributed by atoms with van der Waals surface area (Å²) in [5.74, 6) is -3.83. The summed E-state index contributed by atoms with van der Waals surface area (Å²) < 4.78 is 9.99. The third kappa shape index (κ3) is 1.84. The molecule has 7 heteroatoms. The zero-order chi connectivity index (χ0) is 13.5. The Bertz CT molecular complexity index is 537. The first-order valence-corrected chi connectivity index (χ1v) is 5.03. The second-order valence-corrected chi connectivity index (χ2v) is 3.89. The normalized spacial score (nSPS) is 21.6. The standard InChI is InChI=1S/C11H11NO6/c1-11(16)10(15)12-8-6(9(13)14)3-5(17-2)4-7(8)18-11/h3-4,16H,1-2H3,(H,12,15)(H,13,14). The Balaban J connectivity index is 2.61. The van der Waals surface area contributed by atoms with E-state index in [9.17, 15) is 14.7 Å². The molecular weight excluding hydrogens is 242 g/mol. The molecule has 3 N–H and O–H groups in total. The van der Waals surface area contributed by atoms with E-state index in [2.05, 4.69) is 5.32 Å². The molecule has 1 unspecified atom stereocenters. The quantitative estimate of drug-likeness (QED) is 0.706. The highest BCUT2D eigenvalue weighted by Gasteiger charge is 2.40. The number of hydrogen-bond donors (Lipinski definition) is 3. The number of carboxylic acid groups (broad SMARTS) is 1. The Hall–Kier alpha value is -2.28. The topological polar surface area (TPSA) is 105 Å². The summed E-state index contributed by atoms with van der Waals surface area (Å²) in [6, 6.07) is 2.64. The van der Waals surface area contributed by atoms with Crippen molar-refractivity contribution in [3.05, 3.63) is 17.7 Å². The molecule has 96 valence electrons. The Morgan fingerprint density at radius 3 is 2.72 bits per heavy atom. The molecule has 1 heterocycles. The van der Waals surface area contributed by atoms with Crippen molar-refractivity contribution in [2.75, 3.05) is 12.4 Å². The van der Waals surface area contributed by atoms with Crippen LogP contribution in [0.15, 0.2) is 12.1 Å². The van der Waals surface area contributed by atoms with Crippen molar-refractivity contribution >= 4 is 17.6 Å². The Morgan fingerprint density at radius 2 is 2.17 bits per heavy atom. The molecule has 0 saturated heterocycles. The summed E-state index contributed by atoms with van der Waals surface area (Å²) in [4.78, 5) is 22.6. The molecule has 0 radical (unpaired) electrons. The molecule has 1 amide bonds. The van der Waals surface area contributed by atoms with Gasteiger partial charge in [0.25, 0.3) is 11.7 Å². The molecule has 1 atom stereocenters. The largest absolute Gasteiger partial charge is 0.497 e. The van der Waals surface area contributed by atoms with Gasteiger partial charge in [-0.05, 0) is 6.07 Å². The number of carboxylic acids is 1. The molecule has 0 spiro atoms. The van der Waals surface area contributed by atoms with E-state index in [0.29, 0.717) is 0 Å². The lowest BCUT2D eigenvalue weighted by Gasteiger charge is -2.30. The maximum Gasteiger partial charge on any atom is 0.338 e. The van der Waals surface area contributed by atoms with Gasteiger partial charge in [-0.1, -0.05) is 0 Å². The van der Waals surface area contributed by atoms with Gasteiger partial charge in [-0.3, -0.25) is 4.79 Å². The lowest BCUT2D eigenvalue weighted by molar-refractivity contribution is -0.165. The number of nitrogens with one attached hydrogen (secondary N) is 1. The van der Waals surface area contributed by atoms with Crippen LogP contribution in [0.25, 0.3) is 0 Å². The first-order valence-electron chi connectivity index (χ1n) is 5.03. The van der Waals surface area contributed by atoms with Crippen LogP contribution in [-0.4, -0.2) is 35.0 Å². The molecule has 0 bridgehead atoms. The minimum Gasteiger partial charge on any atom is -0.497 e. The fraction of sp³-hybridized carbons (Fsp3) is 0.273. The molecule has 2 rings (SSSR count). The van der Waals surface area contributed by atoms with Crippen molar-refractivity contribution in [2.24, 2.45) is 0 Å². The van der Waals surface area contributed by atoms with Gasteiger partial charge >= 0.3 is 5.97 Å². The molecule has 0 aromatic heterocycles. The second kappa shape index (κ2) is 3.88. The molecule has 0 aliphatic carbocycles. The molecule has 1 aliphatic rings. The van der Waals surface area contributed by atoms with E-state index in [1.807, 2.05) is 0 Å². The van der Waals surface area contributed by atoms with E-state index in [4.69, 9.17) is 14.6 Å². The Kier molecular flexibility index (Phi) is 2.63. The van der Waals surface area contributed by atoms with Crippen LogP contribution in [0, 0.1) is 0 Å². The lowest BCUT2D eigenvalue weighted by Crippen LogP contribution is -2.48. The van der Waals surface area contributed by atoms with Crippen LogP contribution in [0.5, 0.6) is 11.5 Å². The number of aliphatic hydroxyl groups is 1. The molecular formula is C11H11NO6. The Morgan fingerprint density at radius 1 is 1.50 bits per heavy atom. The molecule has 7 nitrogen and oxygen atoms in total. The van der Waals surface area contributed by atoms with Gasteiger partial charge in [0.15, 0.2) is 5.75 Å². The van der Waals surface area contributed by atoms with Crippen LogP contribution in [0.2, 0.25) is 0 Å². The van der Waals surface area contributed by atoms with E-state index in [1.165, 1.54) is 19.2 Å². The fourth-order valence-corrected chi connectivity index (χ4v) is 1.58. The molecule has 1 aliphatic heterocycles. The van der Waals surface area contributed by atoms with Gasteiger partial charge in [0.2, 0.25) is 0 Å². The average Bonchev–Trinajstić information content (AvgIpc) is 2.28. The zero-order valence-corrected chi connectivity index (χ0v) is 9.68. The maximum atomic E-state index is 11.5. The van der Waals surface area contributed by atoms with Crippen molar-refractivity contribution in [1.29, 1.82) is 0 Å². The smallest absolute Gasteiger partial charge is 0.338 e. The highest BCUT2D eigenvalue weighted by molar-refractivity contribution is 6.06. The van der Waals surface area contributed by atoms with Gasteiger partial charge in [-0.25, -0.2) is 4.79 Å². The van der Waals surface area contributed by atoms with Crippen molar-refractivity contribution < 1.29 is 29.3 Å². The third-order valence-corrected chi connectivity index (χ3v) is 2.51. The van der Waals surface area contributed by atoms with Crippen LogP contribution in [0.1, 0.15) is 17.3 Å². The monoisotopic (exact) mass is 253 g/mol. The number of amides is 1. The van der Waals surface area contributed by atoms with Gasteiger partial charge in [-0.15, -0.1) is 0 Å². The molecule has 0 saturated carbocycles. The first kappa shape index (κ1) is 12.2. The summed E-state index contributed by atoms with van der Waals surface area (Å²) in [5, 5.41) is 21.0. The number of aromatic carboxylic acids is 1. The van der Waals surface area contributed by atoms with Crippen molar-refractivity contribution in [2.45, 2.75) is 12.7 Å². The number of anilines is 1. The van der Waals surface area contributed by atoms with Crippen molar-refractivity contribution in [3.8, 4) is 11.5 Å². The first-order chi connectivity index (χ1) is 8.35. The summed E-state index contributed by atoms with van der Waals surface area (Å²) >= 11 is 0. The van der Waals surface area contributed by atoms with E-state index < -0.39 is 17.7 Å². The van der Waals surface area contributed by atoms with E-state index in [-0.39, 0.29) is 22.7 Å². The van der Waals surface area contributed by atoms with E-state index in [0.717, 1.165) is 6.92 Å². The lowest BCUT2D eigenvalue weighted by atomic mass is 10.1. The zero-order valence-electron chi connectivity index (χ0n) is 9.68. The van der Waals surface area contributed by atoms with Crippen LogP contribution >= 0.6 is 0 Å². The average molecular weight is 253 g/mol. The van der Waals surface area contributed by atoms with Crippen LogP contribution in [0.4, 0.5) is 5.69 Å². The number of methoxy groups -OCH3 is 1. The van der Waals surface area contributed by atoms with E-state index >= 15 is 0 Å². The second-order valence-electron chi connectivity index (χ2n) is 3.89. The summed E-state index contributed by atoms with van der Waals surface area (Å²) in [5.41, 5.74) is -0.173. The van der Waals surface area contributed by atoms with Gasteiger partial charge in [0.05, 0.1) is 18.4 Å². The Labute approximate surface area is 102 Å². The van der Waals surface area contributed by atoms with Crippen LogP contribution in [-0.2, 0) is 4.79 Å². The van der Waals surface area contributed by atoms with Gasteiger partial charge in [0, 0.05) is 13.0 Å². The van der Waals surface area contributed by atoms with Crippen molar-refractivity contribution in [3.63, 3.8) is 0 Å². The maximum absolute atomic E-state index is 11.5. The number of hydrogen-bond acceptors (Lipinski definition) is 5. The predicted molar refractivity (Wildman–Crippen MR) is 59.8 cm³/mol. The minimum absolute atomic E-state index is 0.000162. The minimum atomic E-state index is -2.05. The highest BCUT2D eigenvalue weighted by Crippen LogP contribution is 2.38. The van der Waals surface area contributed by atoms with Gasteiger partial charge in [0.1, 0.15) is 5.75 Å². The predicted octanol–water partition coefficient (Wildman–Crippen LogP) is 0.433. The van der Waals surface area contributed by atoms with Crippen LogP contribution in [0.3, 0.4) is 0 Å². The number of benzene rings is 1. The van der Waals surface area contributed by atoms with Gasteiger partial charge < -0.3 is 25.0 Å². The summed E-state index contributed by atoms with van der Waals surface area (Å²) in [6.07, 6.45) is 0. The van der Waals surface area contributed by atoms with Crippen molar-refractivity contribution in [1.82, 2.24) is 0 Å². The van der Waals surface area contributed by atoms with Crippen LogP contribution < -0.4 is 14.8 Å². The number of carbonyl (C=O) groups excluding carboxylic acids is 1. The number of fused-ring (bicyclic) bond motifs is 1. The summed E-state index contributed by atoms with van der Waals surface area (Å²) in [6.45, 7) is 1.16. The SMILES string of the molecule is COc1cc2c(c(C(=O)O)c1)NC(=O)C(C)(O)O2. The number of ether oxygens (including phenoxy) is 2. The number of rotatable bonds is 2. The summed E-state index contributed by atoms with van der Waals surface area (Å²) in [7, 11) is 1.37. The third-order valence-electron chi connectivity index (χ3n) is 2.51. The molecule has 18 heavy (non-hydrogen) atoms. The number of carbonyl (C=O) groups is 2.